The average Bonchev–Trinajstić information content (AvgIpc) is 2.48. The van der Waals surface area contributed by atoms with E-state index in [0.717, 1.165) is 6.07 Å². The van der Waals surface area contributed by atoms with Gasteiger partial charge in [-0.15, -0.1) is 0 Å². The Hall–Kier alpha value is -2.54. The third kappa shape index (κ3) is 3.96. The molecule has 110 valence electrons. The number of nitrogens with one attached hydrogen (secondary N) is 1. The molecule has 0 spiro atoms. The predicted octanol–water partition coefficient (Wildman–Crippen LogP) is 1.73. The Bertz CT molecular complexity index is 650. The lowest BCUT2D eigenvalue weighted by atomic mass is 10.2. The highest BCUT2D eigenvalue weighted by atomic mass is 19.1. The molecule has 2 aromatic rings. The van der Waals surface area contributed by atoms with Crippen LogP contribution in [0, 0.1) is 11.6 Å². The molecule has 0 atom stereocenters. The number of carbonyl (C=O) groups is 1. The molecule has 1 aromatic heterocycles. The Morgan fingerprint density at radius 3 is 2.86 bits per heavy atom. The predicted molar refractivity (Wildman–Crippen MR) is 71.6 cm³/mol. The first-order valence-corrected chi connectivity index (χ1v) is 6.13. The molecule has 0 saturated heterocycles. The van der Waals surface area contributed by atoms with E-state index in [2.05, 4.69) is 10.3 Å². The van der Waals surface area contributed by atoms with Crippen LogP contribution in [0.5, 0.6) is 11.6 Å². The largest absolute Gasteiger partial charge is 0.436 e. The van der Waals surface area contributed by atoms with Gasteiger partial charge in [0, 0.05) is 24.4 Å². The van der Waals surface area contributed by atoms with E-state index in [1.807, 2.05) is 0 Å². The zero-order valence-corrected chi connectivity index (χ0v) is 11.0. The summed E-state index contributed by atoms with van der Waals surface area (Å²) in [6, 6.07) is 6.28. The van der Waals surface area contributed by atoms with Gasteiger partial charge >= 0.3 is 0 Å². The zero-order chi connectivity index (χ0) is 15.2. The molecule has 0 saturated carbocycles. The second kappa shape index (κ2) is 6.76. The molecular weight excluding hydrogens is 280 g/mol. The lowest BCUT2D eigenvalue weighted by Gasteiger charge is -2.11. The maximum Gasteiger partial charge on any atom is 0.234 e. The Labute approximate surface area is 119 Å². The minimum absolute atomic E-state index is 0.125. The van der Waals surface area contributed by atoms with E-state index in [9.17, 15) is 13.6 Å². The molecule has 5 nitrogen and oxygen atoms in total. The van der Waals surface area contributed by atoms with Gasteiger partial charge in [0.25, 0.3) is 0 Å². The highest BCUT2D eigenvalue weighted by Crippen LogP contribution is 2.25. The van der Waals surface area contributed by atoms with E-state index in [1.165, 1.54) is 12.3 Å². The maximum absolute atomic E-state index is 13.6. The van der Waals surface area contributed by atoms with Crippen molar-refractivity contribution in [3.63, 3.8) is 0 Å². The van der Waals surface area contributed by atoms with Gasteiger partial charge in [0.1, 0.15) is 5.82 Å². The quantitative estimate of drug-likeness (QED) is 0.880. The highest BCUT2D eigenvalue weighted by Gasteiger charge is 2.11. The number of aromatic nitrogens is 1. The Kier molecular flexibility index (Phi) is 4.78. The smallest absolute Gasteiger partial charge is 0.234 e. The lowest BCUT2D eigenvalue weighted by molar-refractivity contribution is -0.119. The summed E-state index contributed by atoms with van der Waals surface area (Å²) in [7, 11) is 0. The van der Waals surface area contributed by atoms with E-state index in [-0.39, 0.29) is 30.6 Å². The summed E-state index contributed by atoms with van der Waals surface area (Å²) in [5.74, 6) is -1.89. The van der Waals surface area contributed by atoms with E-state index >= 15 is 0 Å². The van der Waals surface area contributed by atoms with Gasteiger partial charge < -0.3 is 15.8 Å². The molecule has 21 heavy (non-hydrogen) atoms. The third-order valence-corrected chi connectivity index (χ3v) is 2.61. The molecule has 0 fully saturated rings. The van der Waals surface area contributed by atoms with Crippen LogP contribution in [0.4, 0.5) is 8.78 Å². The number of amides is 1. The van der Waals surface area contributed by atoms with Crippen LogP contribution in [0.2, 0.25) is 0 Å². The first-order chi connectivity index (χ1) is 10.1. The van der Waals surface area contributed by atoms with E-state index in [4.69, 9.17) is 10.5 Å². The Balaban J connectivity index is 2.18. The summed E-state index contributed by atoms with van der Waals surface area (Å²) < 4.78 is 31.7. The van der Waals surface area contributed by atoms with Crippen molar-refractivity contribution >= 4 is 5.91 Å². The van der Waals surface area contributed by atoms with Crippen LogP contribution < -0.4 is 15.8 Å². The number of hydrogen-bond acceptors (Lipinski definition) is 4. The van der Waals surface area contributed by atoms with Gasteiger partial charge in [-0.3, -0.25) is 4.79 Å². The molecule has 7 heteroatoms. The molecule has 0 aliphatic heterocycles. The average molecular weight is 293 g/mol. The summed E-state index contributed by atoms with van der Waals surface area (Å²) >= 11 is 0. The van der Waals surface area contributed by atoms with Crippen LogP contribution in [-0.4, -0.2) is 17.4 Å². The first-order valence-electron chi connectivity index (χ1n) is 6.13. The number of rotatable bonds is 5. The van der Waals surface area contributed by atoms with Crippen LogP contribution >= 0.6 is 0 Å². The van der Waals surface area contributed by atoms with Crippen LogP contribution in [0.1, 0.15) is 5.56 Å². The van der Waals surface area contributed by atoms with Crippen molar-refractivity contribution in [1.82, 2.24) is 10.3 Å². The van der Waals surface area contributed by atoms with Crippen molar-refractivity contribution in [2.75, 3.05) is 6.54 Å². The van der Waals surface area contributed by atoms with Gasteiger partial charge in [-0.1, -0.05) is 6.07 Å². The molecule has 1 amide bonds. The number of carbonyl (C=O) groups excluding carboxylic acids is 1. The second-order valence-corrected chi connectivity index (χ2v) is 4.13. The van der Waals surface area contributed by atoms with Crippen molar-refractivity contribution in [3.8, 4) is 11.6 Å². The van der Waals surface area contributed by atoms with Crippen LogP contribution in [0.15, 0.2) is 36.5 Å². The topological polar surface area (TPSA) is 77.2 Å². The summed E-state index contributed by atoms with van der Waals surface area (Å²) in [6.07, 6.45) is 1.46. The number of hydrogen-bond donors (Lipinski definition) is 2. The minimum atomic E-state index is -0.836. The standard InChI is InChI=1S/C14H13F2N3O2/c15-10-3-4-12(11(16)6-10)21-14-9(2-1-5-18-14)8-19-13(20)7-17/h1-6H,7-8,17H2,(H,19,20). The molecule has 0 unspecified atom stereocenters. The third-order valence-electron chi connectivity index (χ3n) is 2.61. The Morgan fingerprint density at radius 2 is 2.14 bits per heavy atom. The van der Waals surface area contributed by atoms with Gasteiger partial charge in [-0.25, -0.2) is 13.8 Å². The van der Waals surface area contributed by atoms with E-state index in [1.54, 1.807) is 12.1 Å². The lowest BCUT2D eigenvalue weighted by Crippen LogP contribution is -2.29. The van der Waals surface area contributed by atoms with Crippen molar-refractivity contribution in [2.45, 2.75) is 6.54 Å². The molecular formula is C14H13F2N3O2. The zero-order valence-electron chi connectivity index (χ0n) is 11.0. The fourth-order valence-electron chi connectivity index (χ4n) is 1.58. The first kappa shape index (κ1) is 14.9. The molecule has 1 heterocycles. The van der Waals surface area contributed by atoms with Crippen molar-refractivity contribution < 1.29 is 18.3 Å². The maximum atomic E-state index is 13.6. The molecule has 0 bridgehead atoms. The van der Waals surface area contributed by atoms with Gasteiger partial charge in [0.15, 0.2) is 11.6 Å². The molecule has 0 aliphatic rings. The number of nitrogens with zero attached hydrogens (tertiary/aromatic N) is 1. The Morgan fingerprint density at radius 1 is 1.33 bits per heavy atom. The van der Waals surface area contributed by atoms with E-state index in [0.29, 0.717) is 11.6 Å². The van der Waals surface area contributed by atoms with Gasteiger partial charge in [0.05, 0.1) is 6.54 Å². The fourth-order valence-corrected chi connectivity index (χ4v) is 1.58. The number of pyridine rings is 1. The van der Waals surface area contributed by atoms with Gasteiger partial charge in [-0.05, 0) is 18.2 Å². The fraction of sp³-hybridized carbons (Fsp3) is 0.143. The summed E-state index contributed by atoms with van der Waals surface area (Å²) in [6.45, 7) is 0.00502. The number of nitrogens with two attached hydrogens (primary N) is 1. The van der Waals surface area contributed by atoms with Gasteiger partial charge in [-0.2, -0.15) is 0 Å². The normalized spacial score (nSPS) is 10.2. The molecule has 3 N–H and O–H groups in total. The van der Waals surface area contributed by atoms with Crippen LogP contribution in [-0.2, 0) is 11.3 Å². The van der Waals surface area contributed by atoms with Crippen molar-refractivity contribution in [2.24, 2.45) is 5.73 Å². The molecule has 1 aromatic carbocycles. The summed E-state index contributed by atoms with van der Waals surface area (Å²) in [5, 5.41) is 2.56. The van der Waals surface area contributed by atoms with Crippen LogP contribution in [0.25, 0.3) is 0 Å². The number of ether oxygens (including phenoxy) is 1. The number of benzene rings is 1. The molecule has 0 radical (unpaired) electrons. The summed E-state index contributed by atoms with van der Waals surface area (Å²) in [5.41, 5.74) is 5.73. The molecule has 2 rings (SSSR count). The number of halogens is 2. The minimum Gasteiger partial charge on any atom is -0.436 e. The van der Waals surface area contributed by atoms with Gasteiger partial charge in [0.2, 0.25) is 11.8 Å². The van der Waals surface area contributed by atoms with Crippen molar-refractivity contribution in [1.29, 1.82) is 0 Å². The monoisotopic (exact) mass is 293 g/mol. The second-order valence-electron chi connectivity index (χ2n) is 4.13. The highest BCUT2D eigenvalue weighted by molar-refractivity contribution is 5.77. The van der Waals surface area contributed by atoms with E-state index < -0.39 is 11.6 Å². The van der Waals surface area contributed by atoms with Crippen LogP contribution in [0.3, 0.4) is 0 Å². The molecule has 0 aliphatic carbocycles. The summed E-state index contributed by atoms with van der Waals surface area (Å²) in [4.78, 5) is 15.1. The van der Waals surface area contributed by atoms with Crippen molar-refractivity contribution in [3.05, 3.63) is 53.7 Å². The SMILES string of the molecule is NCC(=O)NCc1cccnc1Oc1ccc(F)cc1F.